The van der Waals surface area contributed by atoms with Crippen LogP contribution in [0.25, 0.3) is 0 Å². The molecule has 1 aromatic rings. The third-order valence-electron chi connectivity index (χ3n) is 4.68. The van der Waals surface area contributed by atoms with Gasteiger partial charge in [0.1, 0.15) is 6.61 Å². The van der Waals surface area contributed by atoms with E-state index in [1.165, 1.54) is 0 Å². The van der Waals surface area contributed by atoms with Crippen LogP contribution in [-0.4, -0.2) is 54.0 Å². The lowest BCUT2D eigenvalue weighted by Gasteiger charge is -2.33. The largest absolute Gasteiger partial charge is 0.486 e. The lowest BCUT2D eigenvalue weighted by atomic mass is 9.93. The van der Waals surface area contributed by atoms with Crippen molar-refractivity contribution in [3.8, 4) is 11.5 Å². The van der Waals surface area contributed by atoms with Crippen molar-refractivity contribution in [2.45, 2.75) is 50.9 Å². The molecule has 0 aromatic heterocycles. The van der Waals surface area contributed by atoms with Crippen LogP contribution in [0.15, 0.2) is 24.3 Å². The summed E-state index contributed by atoms with van der Waals surface area (Å²) in [7, 11) is 0. The molecule has 1 fully saturated rings. The SMILES string of the molecule is CCN(CC1COc2ccccc2O1)C(=O)NC1CCC(O)CC1. The highest BCUT2D eigenvalue weighted by Crippen LogP contribution is 2.31. The lowest BCUT2D eigenvalue weighted by molar-refractivity contribution is 0.0660. The van der Waals surface area contributed by atoms with Crippen LogP contribution in [0.1, 0.15) is 32.6 Å². The molecule has 3 rings (SSSR count). The summed E-state index contributed by atoms with van der Waals surface area (Å²) in [6.07, 6.45) is 2.80. The summed E-state index contributed by atoms with van der Waals surface area (Å²) in [5.41, 5.74) is 0. The molecule has 0 spiro atoms. The minimum atomic E-state index is -0.215. The highest BCUT2D eigenvalue weighted by atomic mass is 16.6. The molecule has 2 amide bonds. The summed E-state index contributed by atoms with van der Waals surface area (Å²) in [6, 6.07) is 7.67. The van der Waals surface area contributed by atoms with Crippen LogP contribution in [-0.2, 0) is 0 Å². The number of nitrogens with zero attached hydrogens (tertiary/aromatic N) is 1. The van der Waals surface area contributed by atoms with Gasteiger partial charge in [-0.15, -0.1) is 0 Å². The first-order chi connectivity index (χ1) is 11.7. The number of rotatable bonds is 4. The second-order valence-electron chi connectivity index (χ2n) is 6.49. The number of aliphatic hydroxyl groups is 1. The maximum atomic E-state index is 12.5. The topological polar surface area (TPSA) is 71.0 Å². The van der Waals surface area contributed by atoms with E-state index in [9.17, 15) is 9.90 Å². The van der Waals surface area contributed by atoms with Crippen LogP contribution in [0, 0.1) is 0 Å². The number of likely N-dealkylation sites (N-methyl/N-ethyl adjacent to an activating group) is 1. The Labute approximate surface area is 142 Å². The molecule has 24 heavy (non-hydrogen) atoms. The molecule has 2 N–H and O–H groups in total. The Bertz CT molecular complexity index is 558. The molecule has 0 saturated heterocycles. The smallest absolute Gasteiger partial charge is 0.317 e. The fraction of sp³-hybridized carbons (Fsp3) is 0.611. The van der Waals surface area contributed by atoms with Gasteiger partial charge in [-0.05, 0) is 44.7 Å². The first-order valence-corrected chi connectivity index (χ1v) is 8.77. The van der Waals surface area contributed by atoms with Crippen LogP contribution in [0.4, 0.5) is 4.79 Å². The first kappa shape index (κ1) is 16.9. The highest BCUT2D eigenvalue weighted by molar-refractivity contribution is 5.74. The molecule has 6 heteroatoms. The summed E-state index contributed by atoms with van der Waals surface area (Å²) in [5.74, 6) is 1.48. The van der Waals surface area contributed by atoms with Crippen molar-refractivity contribution >= 4 is 6.03 Å². The minimum Gasteiger partial charge on any atom is -0.486 e. The summed E-state index contributed by atoms with van der Waals surface area (Å²) < 4.78 is 11.7. The molecule has 1 aromatic carbocycles. The number of amides is 2. The number of carbonyl (C=O) groups excluding carboxylic acids is 1. The Morgan fingerprint density at radius 2 is 1.96 bits per heavy atom. The molecule has 1 aliphatic heterocycles. The summed E-state index contributed by atoms with van der Waals surface area (Å²) >= 11 is 0. The van der Waals surface area contributed by atoms with Crippen molar-refractivity contribution < 1.29 is 19.4 Å². The zero-order chi connectivity index (χ0) is 16.9. The van der Waals surface area contributed by atoms with Crippen LogP contribution < -0.4 is 14.8 Å². The standard InChI is InChI=1S/C18H26N2O4/c1-2-20(18(22)19-13-7-9-14(21)10-8-13)11-15-12-23-16-5-3-4-6-17(16)24-15/h3-6,13-15,21H,2,7-12H2,1H3,(H,19,22). The van der Waals surface area contributed by atoms with Gasteiger partial charge in [-0.25, -0.2) is 4.79 Å². The molecule has 6 nitrogen and oxygen atoms in total. The highest BCUT2D eigenvalue weighted by Gasteiger charge is 2.27. The van der Waals surface area contributed by atoms with Crippen molar-refractivity contribution in [3.05, 3.63) is 24.3 Å². The van der Waals surface area contributed by atoms with Gasteiger partial charge in [-0.1, -0.05) is 12.1 Å². The van der Waals surface area contributed by atoms with Crippen molar-refractivity contribution in [2.75, 3.05) is 19.7 Å². The number of urea groups is 1. The van der Waals surface area contributed by atoms with Crippen molar-refractivity contribution in [1.29, 1.82) is 0 Å². The predicted octanol–water partition coefficient (Wildman–Crippen LogP) is 2.16. The van der Waals surface area contributed by atoms with Gasteiger partial charge in [0.05, 0.1) is 12.6 Å². The van der Waals surface area contributed by atoms with E-state index in [2.05, 4.69) is 5.32 Å². The van der Waals surface area contributed by atoms with E-state index in [0.29, 0.717) is 19.7 Å². The molecule has 1 aliphatic carbocycles. The maximum absolute atomic E-state index is 12.5. The van der Waals surface area contributed by atoms with Gasteiger partial charge in [0.25, 0.3) is 0 Å². The van der Waals surface area contributed by atoms with Crippen molar-refractivity contribution in [2.24, 2.45) is 0 Å². The molecule has 0 bridgehead atoms. The third-order valence-corrected chi connectivity index (χ3v) is 4.68. The summed E-state index contributed by atoms with van der Waals surface area (Å²) in [6.45, 7) is 3.51. The van der Waals surface area contributed by atoms with Crippen molar-refractivity contribution in [1.82, 2.24) is 10.2 Å². The number of nitrogens with one attached hydrogen (secondary N) is 1. The number of benzene rings is 1. The Morgan fingerprint density at radius 3 is 2.67 bits per heavy atom. The maximum Gasteiger partial charge on any atom is 0.317 e. The molecule has 1 unspecified atom stereocenters. The van der Waals surface area contributed by atoms with Crippen LogP contribution in [0.2, 0.25) is 0 Å². The lowest BCUT2D eigenvalue weighted by Crippen LogP contribution is -2.50. The second kappa shape index (κ2) is 7.75. The molecule has 132 valence electrons. The summed E-state index contributed by atoms with van der Waals surface area (Å²) in [5, 5.41) is 12.6. The summed E-state index contributed by atoms with van der Waals surface area (Å²) in [4.78, 5) is 14.3. The van der Waals surface area contributed by atoms with E-state index in [-0.39, 0.29) is 24.3 Å². The normalized spacial score (nSPS) is 25.8. The zero-order valence-electron chi connectivity index (χ0n) is 14.1. The fourth-order valence-corrected chi connectivity index (χ4v) is 3.24. The minimum absolute atomic E-state index is 0.0682. The Morgan fingerprint density at radius 1 is 1.25 bits per heavy atom. The van der Waals surface area contributed by atoms with Gasteiger partial charge in [0.15, 0.2) is 17.6 Å². The quantitative estimate of drug-likeness (QED) is 0.885. The first-order valence-electron chi connectivity index (χ1n) is 8.77. The van der Waals surface area contributed by atoms with Gasteiger partial charge >= 0.3 is 6.03 Å². The second-order valence-corrected chi connectivity index (χ2v) is 6.49. The van der Waals surface area contributed by atoms with Crippen LogP contribution >= 0.6 is 0 Å². The number of ether oxygens (including phenoxy) is 2. The van der Waals surface area contributed by atoms with E-state index < -0.39 is 0 Å². The van der Waals surface area contributed by atoms with E-state index in [0.717, 1.165) is 37.2 Å². The molecule has 1 atom stereocenters. The molecular weight excluding hydrogens is 308 g/mol. The monoisotopic (exact) mass is 334 g/mol. The van der Waals surface area contributed by atoms with Crippen molar-refractivity contribution in [3.63, 3.8) is 0 Å². The van der Waals surface area contributed by atoms with Gasteiger partial charge in [0.2, 0.25) is 0 Å². The number of carbonyl (C=O) groups is 1. The average Bonchev–Trinajstić information content (AvgIpc) is 2.61. The van der Waals surface area contributed by atoms with Gasteiger partial charge in [-0.2, -0.15) is 0 Å². The van der Waals surface area contributed by atoms with Gasteiger partial charge < -0.3 is 24.8 Å². The van der Waals surface area contributed by atoms with Crippen LogP contribution in [0.3, 0.4) is 0 Å². The molecule has 0 radical (unpaired) electrons. The zero-order valence-corrected chi connectivity index (χ0v) is 14.1. The molecule has 1 saturated carbocycles. The molecular formula is C18H26N2O4. The Balaban J connectivity index is 1.52. The molecule has 2 aliphatic rings. The molecule has 1 heterocycles. The number of fused-ring (bicyclic) bond motifs is 1. The number of hydrogen-bond donors (Lipinski definition) is 2. The fourth-order valence-electron chi connectivity index (χ4n) is 3.24. The number of aliphatic hydroxyl groups excluding tert-OH is 1. The van der Waals surface area contributed by atoms with Gasteiger partial charge in [-0.3, -0.25) is 0 Å². The van der Waals surface area contributed by atoms with Crippen LogP contribution in [0.5, 0.6) is 11.5 Å². The average molecular weight is 334 g/mol. The van der Waals surface area contributed by atoms with E-state index in [1.807, 2.05) is 31.2 Å². The third kappa shape index (κ3) is 4.12. The van der Waals surface area contributed by atoms with E-state index in [4.69, 9.17) is 9.47 Å². The Kier molecular flexibility index (Phi) is 5.45. The number of para-hydroxylation sites is 2. The van der Waals surface area contributed by atoms with E-state index in [1.54, 1.807) is 4.90 Å². The Hall–Kier alpha value is -1.95. The number of hydrogen-bond acceptors (Lipinski definition) is 4. The van der Waals surface area contributed by atoms with E-state index >= 15 is 0 Å². The van der Waals surface area contributed by atoms with Gasteiger partial charge in [0, 0.05) is 12.6 Å². The predicted molar refractivity (Wildman–Crippen MR) is 90.4 cm³/mol.